The lowest BCUT2D eigenvalue weighted by molar-refractivity contribution is -0.149. The van der Waals surface area contributed by atoms with Crippen molar-refractivity contribution in [2.45, 2.75) is 33.2 Å². The maximum absolute atomic E-state index is 12.4. The van der Waals surface area contributed by atoms with Gasteiger partial charge in [0.25, 0.3) is 0 Å². The van der Waals surface area contributed by atoms with Crippen LogP contribution in [0.4, 0.5) is 0 Å². The van der Waals surface area contributed by atoms with Crippen molar-refractivity contribution in [3.8, 4) is 0 Å². The van der Waals surface area contributed by atoms with Gasteiger partial charge in [0.15, 0.2) is 0 Å². The van der Waals surface area contributed by atoms with Crippen molar-refractivity contribution >= 4 is 11.9 Å². The zero-order chi connectivity index (χ0) is 17.5. The second kappa shape index (κ2) is 8.83. The number of hydrogen-bond acceptors (Lipinski definition) is 4. The molecule has 0 spiro atoms. The minimum absolute atomic E-state index is 0.0130. The first kappa shape index (κ1) is 18.5. The van der Waals surface area contributed by atoms with Gasteiger partial charge in [-0.1, -0.05) is 24.3 Å². The van der Waals surface area contributed by atoms with Gasteiger partial charge in [0.2, 0.25) is 5.91 Å². The quantitative estimate of drug-likeness (QED) is 0.750. The molecule has 5 nitrogen and oxygen atoms in total. The third-order valence-electron chi connectivity index (χ3n) is 4.66. The highest BCUT2D eigenvalue weighted by atomic mass is 16.5. The second-order valence-corrected chi connectivity index (χ2v) is 6.48. The van der Waals surface area contributed by atoms with Crippen LogP contribution in [0.25, 0.3) is 0 Å². The molecule has 0 N–H and O–H groups in total. The van der Waals surface area contributed by atoms with Crippen LogP contribution in [-0.4, -0.2) is 55.0 Å². The molecule has 1 saturated heterocycles. The van der Waals surface area contributed by atoms with Crippen molar-refractivity contribution in [1.29, 1.82) is 0 Å². The molecule has 1 aliphatic heterocycles. The van der Waals surface area contributed by atoms with Crippen LogP contribution in [0.3, 0.4) is 0 Å². The summed E-state index contributed by atoms with van der Waals surface area (Å²) in [6.45, 7) is 6.91. The van der Waals surface area contributed by atoms with Gasteiger partial charge in [-0.15, -0.1) is 0 Å². The molecule has 0 radical (unpaired) electrons. The van der Waals surface area contributed by atoms with Gasteiger partial charge >= 0.3 is 5.97 Å². The summed E-state index contributed by atoms with van der Waals surface area (Å²) in [4.78, 5) is 28.1. The van der Waals surface area contributed by atoms with Crippen LogP contribution in [-0.2, 0) is 20.9 Å². The zero-order valence-electron chi connectivity index (χ0n) is 15.0. The molecule has 1 aromatic rings. The van der Waals surface area contributed by atoms with Crippen molar-refractivity contribution < 1.29 is 14.3 Å². The molecule has 132 valence electrons. The average molecular weight is 332 g/mol. The molecule has 1 amide bonds. The van der Waals surface area contributed by atoms with E-state index in [1.165, 1.54) is 11.1 Å². The van der Waals surface area contributed by atoms with E-state index in [1.54, 1.807) is 4.90 Å². The van der Waals surface area contributed by atoms with E-state index in [0.29, 0.717) is 19.7 Å². The van der Waals surface area contributed by atoms with Crippen LogP contribution in [0.15, 0.2) is 24.3 Å². The third-order valence-corrected chi connectivity index (χ3v) is 4.66. The summed E-state index contributed by atoms with van der Waals surface area (Å²) in [5, 5.41) is 0. The van der Waals surface area contributed by atoms with E-state index in [0.717, 1.165) is 25.9 Å². The smallest absolute Gasteiger partial charge is 0.309 e. The molecule has 1 aliphatic rings. The predicted molar refractivity (Wildman–Crippen MR) is 93.5 cm³/mol. The average Bonchev–Trinajstić information content (AvgIpc) is 2.57. The number of rotatable bonds is 6. The standard InChI is InChI=1S/C19H28N2O3/c1-4-24-19(23)16-9-11-21(12-10-16)14-18(22)20(3)13-17-8-6-5-7-15(17)2/h5-8,16H,4,9-14H2,1-3H3. The van der Waals surface area contributed by atoms with Crippen molar-refractivity contribution in [1.82, 2.24) is 9.80 Å². The predicted octanol–water partition coefficient (Wildman–Crippen LogP) is 2.23. The van der Waals surface area contributed by atoms with Crippen LogP contribution in [0.5, 0.6) is 0 Å². The molecular formula is C19H28N2O3. The molecular weight excluding hydrogens is 304 g/mol. The van der Waals surface area contributed by atoms with Crippen LogP contribution in [0.2, 0.25) is 0 Å². The van der Waals surface area contributed by atoms with E-state index < -0.39 is 0 Å². The fourth-order valence-electron chi connectivity index (χ4n) is 3.03. The summed E-state index contributed by atoms with van der Waals surface area (Å²) >= 11 is 0. The van der Waals surface area contributed by atoms with E-state index >= 15 is 0 Å². The fourth-order valence-corrected chi connectivity index (χ4v) is 3.03. The summed E-state index contributed by atoms with van der Waals surface area (Å²) in [7, 11) is 1.85. The fraction of sp³-hybridized carbons (Fsp3) is 0.579. The minimum atomic E-state index is -0.0971. The number of carbonyl (C=O) groups is 2. The highest BCUT2D eigenvalue weighted by molar-refractivity contribution is 5.78. The Balaban J connectivity index is 1.79. The molecule has 0 aliphatic carbocycles. The minimum Gasteiger partial charge on any atom is -0.466 e. The van der Waals surface area contributed by atoms with Gasteiger partial charge in [-0.3, -0.25) is 14.5 Å². The van der Waals surface area contributed by atoms with Crippen LogP contribution in [0, 0.1) is 12.8 Å². The number of aryl methyl sites for hydroxylation is 1. The number of likely N-dealkylation sites (N-methyl/N-ethyl adjacent to an activating group) is 1. The summed E-state index contributed by atoms with van der Waals surface area (Å²) < 4.78 is 5.08. The molecule has 0 unspecified atom stereocenters. The molecule has 0 bridgehead atoms. The Morgan fingerprint density at radius 2 is 1.92 bits per heavy atom. The number of ether oxygens (including phenoxy) is 1. The Kier molecular flexibility index (Phi) is 6.79. The number of piperidine rings is 1. The molecule has 0 atom stereocenters. The highest BCUT2D eigenvalue weighted by Gasteiger charge is 2.27. The van der Waals surface area contributed by atoms with E-state index in [1.807, 2.05) is 26.1 Å². The lowest BCUT2D eigenvalue weighted by Crippen LogP contribution is -2.43. The Hall–Kier alpha value is -1.88. The summed E-state index contributed by atoms with van der Waals surface area (Å²) in [5.74, 6) is 0.00832. The van der Waals surface area contributed by atoms with Crippen molar-refractivity contribution in [3.05, 3.63) is 35.4 Å². The first-order valence-corrected chi connectivity index (χ1v) is 8.68. The summed E-state index contributed by atoms with van der Waals surface area (Å²) in [6.07, 6.45) is 1.54. The van der Waals surface area contributed by atoms with Crippen molar-refractivity contribution in [3.63, 3.8) is 0 Å². The van der Waals surface area contributed by atoms with Crippen molar-refractivity contribution in [2.24, 2.45) is 5.92 Å². The second-order valence-electron chi connectivity index (χ2n) is 6.48. The van der Waals surface area contributed by atoms with Crippen LogP contribution < -0.4 is 0 Å². The van der Waals surface area contributed by atoms with Gasteiger partial charge in [-0.05, 0) is 50.9 Å². The van der Waals surface area contributed by atoms with Gasteiger partial charge in [0.1, 0.15) is 0 Å². The van der Waals surface area contributed by atoms with Crippen LogP contribution >= 0.6 is 0 Å². The molecule has 2 rings (SSSR count). The number of amides is 1. The maximum atomic E-state index is 12.4. The molecule has 1 aromatic carbocycles. The number of esters is 1. The van der Waals surface area contributed by atoms with E-state index in [-0.39, 0.29) is 17.8 Å². The first-order valence-electron chi connectivity index (χ1n) is 8.68. The largest absolute Gasteiger partial charge is 0.466 e. The van der Waals surface area contributed by atoms with Crippen molar-refractivity contribution in [2.75, 3.05) is 33.3 Å². The molecule has 1 heterocycles. The van der Waals surface area contributed by atoms with E-state index in [9.17, 15) is 9.59 Å². The molecule has 1 fully saturated rings. The molecule has 0 aromatic heterocycles. The Morgan fingerprint density at radius 1 is 1.25 bits per heavy atom. The summed E-state index contributed by atoms with van der Waals surface area (Å²) in [5.41, 5.74) is 2.38. The van der Waals surface area contributed by atoms with E-state index in [2.05, 4.69) is 24.0 Å². The third kappa shape index (κ3) is 5.06. The number of hydrogen-bond donors (Lipinski definition) is 0. The zero-order valence-corrected chi connectivity index (χ0v) is 15.0. The van der Waals surface area contributed by atoms with Gasteiger partial charge in [-0.2, -0.15) is 0 Å². The van der Waals surface area contributed by atoms with Gasteiger partial charge < -0.3 is 9.64 Å². The Labute approximate surface area is 144 Å². The maximum Gasteiger partial charge on any atom is 0.309 e. The first-order chi connectivity index (χ1) is 11.5. The normalized spacial score (nSPS) is 16.0. The molecule has 24 heavy (non-hydrogen) atoms. The lowest BCUT2D eigenvalue weighted by Gasteiger charge is -2.31. The van der Waals surface area contributed by atoms with Crippen LogP contribution in [0.1, 0.15) is 30.9 Å². The monoisotopic (exact) mass is 332 g/mol. The highest BCUT2D eigenvalue weighted by Crippen LogP contribution is 2.19. The molecule has 5 heteroatoms. The number of carbonyl (C=O) groups excluding carboxylic acids is 2. The van der Waals surface area contributed by atoms with Gasteiger partial charge in [0, 0.05) is 13.6 Å². The summed E-state index contributed by atoms with van der Waals surface area (Å²) in [6, 6.07) is 8.13. The molecule has 0 saturated carbocycles. The topological polar surface area (TPSA) is 49.9 Å². The Morgan fingerprint density at radius 3 is 2.54 bits per heavy atom. The SMILES string of the molecule is CCOC(=O)C1CCN(CC(=O)N(C)Cc2ccccc2C)CC1. The Bertz CT molecular complexity index is 565. The number of likely N-dealkylation sites (tertiary alicyclic amines) is 1. The van der Waals surface area contributed by atoms with Gasteiger partial charge in [0.05, 0.1) is 19.1 Å². The van der Waals surface area contributed by atoms with Gasteiger partial charge in [-0.25, -0.2) is 0 Å². The number of nitrogens with zero attached hydrogens (tertiary/aromatic N) is 2. The van der Waals surface area contributed by atoms with E-state index in [4.69, 9.17) is 4.74 Å². The lowest BCUT2D eigenvalue weighted by atomic mass is 9.97. The number of benzene rings is 1.